The van der Waals surface area contributed by atoms with E-state index in [1.807, 2.05) is 0 Å². The Balaban J connectivity index is 0.00000128. The van der Waals surface area contributed by atoms with Crippen molar-refractivity contribution in [2.24, 2.45) is 4.99 Å². The van der Waals surface area contributed by atoms with Crippen LogP contribution in [-0.4, -0.2) is 11.1 Å². The molecule has 76 valence electrons. The van der Waals surface area contributed by atoms with Gasteiger partial charge in [-0.2, -0.15) is 0 Å². The van der Waals surface area contributed by atoms with Crippen LogP contribution in [-0.2, 0) is 4.79 Å². The van der Waals surface area contributed by atoms with Crippen molar-refractivity contribution in [1.29, 1.82) is 0 Å². The van der Waals surface area contributed by atoms with Gasteiger partial charge >= 0.3 is 103 Å². The van der Waals surface area contributed by atoms with Gasteiger partial charge in [0.25, 0.3) is 5.91 Å². The molecule has 2 rings (SSSR count). The summed E-state index contributed by atoms with van der Waals surface area (Å²) in [4.78, 5) is 14.6. The van der Waals surface area contributed by atoms with Crippen LogP contribution in [0.1, 0.15) is 5.56 Å². The van der Waals surface area contributed by atoms with Crippen LogP contribution in [0.2, 0.25) is 0 Å². The second-order valence-electron chi connectivity index (χ2n) is 2.86. The zero-order chi connectivity index (χ0) is 10.8. The number of hydrogen-bond donors (Lipinski definition) is 0. The van der Waals surface area contributed by atoms with E-state index < -0.39 is 11.1 Å². The van der Waals surface area contributed by atoms with E-state index in [-0.39, 0.29) is 109 Å². The van der Waals surface area contributed by atoms with Crippen molar-refractivity contribution >= 4 is 29.0 Å². The van der Waals surface area contributed by atoms with Gasteiger partial charge in [-0.3, -0.25) is 4.79 Å². The van der Waals surface area contributed by atoms with Gasteiger partial charge in [0.2, 0.25) is 0 Å². The molecule has 0 atom stereocenters. The number of aliphatic imine (C=N–C) groups is 1. The van der Waals surface area contributed by atoms with Crippen LogP contribution in [0.5, 0.6) is 5.75 Å². The molecule has 0 radical (unpaired) electrons. The Kier molecular flexibility index (Phi) is 9.42. The molecule has 0 saturated carbocycles. The molecule has 1 aromatic rings. The summed E-state index contributed by atoms with van der Waals surface area (Å²) in [6.07, 6.45) is 1.54. The molecule has 0 spiro atoms. The fraction of sp³-hybridized carbons (Fsp3) is 0. The van der Waals surface area contributed by atoms with Gasteiger partial charge in [-0.15, -0.1) is 5.75 Å². The van der Waals surface area contributed by atoms with E-state index in [9.17, 15) is 15.0 Å². The number of carbonyl (C=O) groups excluding carboxylic acids is 1. The Bertz CT molecular complexity index is 471. The second kappa shape index (κ2) is 8.65. The fourth-order valence-electron chi connectivity index (χ4n) is 1.11. The smallest absolute Gasteiger partial charge is 0.872 e. The maximum Gasteiger partial charge on any atom is 1.00 e. The van der Waals surface area contributed by atoms with Gasteiger partial charge in [0, 0.05) is 5.23 Å². The Morgan fingerprint density at radius 2 is 1.71 bits per heavy atom. The van der Waals surface area contributed by atoms with Crippen molar-refractivity contribution in [3.63, 3.8) is 0 Å². The van der Waals surface area contributed by atoms with E-state index in [1.165, 1.54) is 12.1 Å². The van der Waals surface area contributed by atoms with Gasteiger partial charge in [-0.1, -0.05) is 36.0 Å². The van der Waals surface area contributed by atoms with Gasteiger partial charge in [0.1, 0.15) is 0 Å². The first-order valence-corrected chi connectivity index (χ1v) is 4.93. The van der Waals surface area contributed by atoms with Crippen molar-refractivity contribution < 1.29 is 118 Å². The second-order valence-corrected chi connectivity index (χ2v) is 3.86. The minimum atomic E-state index is -0.517. The maximum atomic E-state index is 11.1. The minimum absolute atomic E-state index is 0. The molecule has 1 aliphatic heterocycles. The zero-order valence-electron chi connectivity index (χ0n) is 9.47. The van der Waals surface area contributed by atoms with Gasteiger partial charge in [0.05, 0.1) is 4.91 Å². The molecule has 0 N–H and O–H groups in total. The van der Waals surface area contributed by atoms with Crippen molar-refractivity contribution in [3.8, 4) is 5.75 Å². The van der Waals surface area contributed by atoms with E-state index in [0.29, 0.717) is 10.5 Å². The van der Waals surface area contributed by atoms with Crippen molar-refractivity contribution in [1.82, 2.24) is 0 Å². The van der Waals surface area contributed by atoms with E-state index in [1.54, 1.807) is 18.2 Å². The van der Waals surface area contributed by atoms with Crippen molar-refractivity contribution in [2.75, 3.05) is 0 Å². The van der Waals surface area contributed by atoms with E-state index in [2.05, 4.69) is 4.99 Å². The number of carbonyl (C=O) groups is 1. The maximum absolute atomic E-state index is 11.1. The third-order valence-corrected chi connectivity index (χ3v) is 2.56. The molecule has 1 amide bonds. The van der Waals surface area contributed by atoms with Crippen LogP contribution in [0.25, 0.3) is 6.08 Å². The molecule has 1 heterocycles. The van der Waals surface area contributed by atoms with Gasteiger partial charge in [-0.25, -0.2) is 4.99 Å². The number of hydrogen-bond acceptors (Lipinski definition) is 4. The first-order valence-electron chi connectivity index (χ1n) is 4.12. The van der Waals surface area contributed by atoms with Gasteiger partial charge in [0.15, 0.2) is 0 Å². The summed E-state index contributed by atoms with van der Waals surface area (Å²) in [7, 11) is 0. The normalized spacial score (nSPS) is 16.1. The number of thioether (sulfide) groups is 1. The summed E-state index contributed by atoms with van der Waals surface area (Å²) in [5, 5.41) is 21.1. The molecular weight excluding hydrogens is 292 g/mol. The van der Waals surface area contributed by atoms with Gasteiger partial charge < -0.3 is 10.2 Å². The number of benzene rings is 1. The van der Waals surface area contributed by atoms with E-state index >= 15 is 0 Å². The molecule has 0 saturated heterocycles. The average molecular weight is 297 g/mol. The summed E-state index contributed by atoms with van der Waals surface area (Å²) in [5.74, 6) is -0.612. The molecule has 17 heavy (non-hydrogen) atoms. The Hall–Kier alpha value is 1.52. The molecule has 1 aliphatic rings. The quantitative estimate of drug-likeness (QED) is 0.382. The standard InChI is InChI=1S/C10H7NO3S.2K/c12-7-3-1-6(2-4-7)5-8-9(13)11-10(14)15-8;;/h1-5,12H,(H,11,13,14);;/q;2*+1/p-2/b8-5-;;. The van der Waals surface area contributed by atoms with Crippen LogP contribution in [0.3, 0.4) is 0 Å². The monoisotopic (exact) mass is 297 g/mol. The molecule has 7 heteroatoms. The molecular formula is C10H5K2NO3S. The predicted molar refractivity (Wildman–Crippen MR) is 53.9 cm³/mol. The first-order chi connectivity index (χ1) is 7.15. The van der Waals surface area contributed by atoms with Crippen LogP contribution >= 0.6 is 11.8 Å². The number of rotatable bonds is 1. The van der Waals surface area contributed by atoms with Crippen LogP contribution < -0.4 is 113 Å². The molecule has 0 aliphatic carbocycles. The zero-order valence-corrected chi connectivity index (χ0v) is 16.5. The topological polar surface area (TPSA) is 75.5 Å². The predicted octanol–water partition coefficient (Wildman–Crippen LogP) is -5.90. The molecule has 0 fully saturated rings. The first kappa shape index (κ1) is 18.5. The Morgan fingerprint density at radius 3 is 2.18 bits per heavy atom. The third kappa shape index (κ3) is 5.57. The summed E-state index contributed by atoms with van der Waals surface area (Å²) < 4.78 is 0. The van der Waals surface area contributed by atoms with Crippen LogP contribution in [0, 0.1) is 0 Å². The molecule has 4 nitrogen and oxygen atoms in total. The summed E-state index contributed by atoms with van der Waals surface area (Å²) in [6.45, 7) is 0. The van der Waals surface area contributed by atoms with Crippen LogP contribution in [0.15, 0.2) is 34.2 Å². The minimum Gasteiger partial charge on any atom is -0.872 e. The van der Waals surface area contributed by atoms with Gasteiger partial charge in [-0.05, 0) is 11.6 Å². The van der Waals surface area contributed by atoms with Crippen molar-refractivity contribution in [2.45, 2.75) is 0 Å². The largest absolute Gasteiger partial charge is 1.00 e. The van der Waals surface area contributed by atoms with Crippen LogP contribution in [0.4, 0.5) is 0 Å². The summed E-state index contributed by atoms with van der Waals surface area (Å²) in [6, 6.07) is 5.98. The SMILES string of the molecule is O=C1N=C([O-])S/C1=C\c1ccc([O-])cc1.[K+].[K+]. The molecule has 0 aromatic heterocycles. The number of amides is 1. The third-order valence-electron chi connectivity index (χ3n) is 1.78. The molecule has 0 bridgehead atoms. The van der Waals surface area contributed by atoms with E-state index in [0.717, 1.165) is 11.8 Å². The molecule has 0 unspecified atom stereocenters. The van der Waals surface area contributed by atoms with E-state index in [4.69, 9.17) is 0 Å². The van der Waals surface area contributed by atoms with Crippen molar-refractivity contribution in [3.05, 3.63) is 34.7 Å². The Labute approximate surface area is 188 Å². The summed E-state index contributed by atoms with van der Waals surface area (Å²) in [5.41, 5.74) is 0.704. The summed E-state index contributed by atoms with van der Waals surface area (Å²) >= 11 is 0.801. The Morgan fingerprint density at radius 1 is 1.12 bits per heavy atom. The molecule has 1 aromatic carbocycles. The average Bonchev–Trinajstić information content (AvgIpc) is 2.49. The number of nitrogens with zero attached hydrogens (tertiary/aromatic N) is 1. The fourth-order valence-corrected chi connectivity index (χ4v) is 1.75.